The maximum absolute atomic E-state index is 11.3. The Balaban J connectivity index is 2.60. The summed E-state index contributed by atoms with van der Waals surface area (Å²) in [6.07, 6.45) is 0.572. The zero-order valence-corrected chi connectivity index (χ0v) is 9.08. The zero-order valence-electron chi connectivity index (χ0n) is 9.08. The predicted molar refractivity (Wildman–Crippen MR) is 57.9 cm³/mol. The Labute approximate surface area is 85.5 Å². The van der Waals surface area contributed by atoms with Crippen LogP contribution in [0, 0.1) is 6.92 Å². The van der Waals surface area contributed by atoms with Gasteiger partial charge in [0.05, 0.1) is 0 Å². The molecule has 2 nitrogen and oxygen atoms in total. The van der Waals surface area contributed by atoms with Gasteiger partial charge in [0.1, 0.15) is 0 Å². The number of carbonyl (C=O) groups excluding carboxylic acids is 1. The molecular weight excluding hydrogens is 174 g/mol. The Morgan fingerprint density at radius 3 is 2.36 bits per heavy atom. The molecule has 0 aromatic heterocycles. The van der Waals surface area contributed by atoms with E-state index in [0.29, 0.717) is 13.0 Å². The van der Waals surface area contributed by atoms with E-state index < -0.39 is 0 Å². The maximum atomic E-state index is 11.3. The quantitative estimate of drug-likeness (QED) is 0.718. The SMILES string of the molecule is CCC(=O)N(C)Cc1ccc(C)cc1. The molecule has 0 spiro atoms. The van der Waals surface area contributed by atoms with Crippen LogP contribution >= 0.6 is 0 Å². The first-order chi connectivity index (χ1) is 6.63. The maximum Gasteiger partial charge on any atom is 0.222 e. The second-order valence-corrected chi connectivity index (χ2v) is 3.59. The fraction of sp³-hybridized carbons (Fsp3) is 0.417. The van der Waals surface area contributed by atoms with E-state index in [9.17, 15) is 4.79 Å². The third-order valence-electron chi connectivity index (χ3n) is 2.27. The van der Waals surface area contributed by atoms with Gasteiger partial charge in [0.2, 0.25) is 5.91 Å². The summed E-state index contributed by atoms with van der Waals surface area (Å²) >= 11 is 0. The lowest BCUT2D eigenvalue weighted by Crippen LogP contribution is -2.25. The van der Waals surface area contributed by atoms with E-state index in [4.69, 9.17) is 0 Å². The van der Waals surface area contributed by atoms with Gasteiger partial charge in [0, 0.05) is 20.0 Å². The summed E-state index contributed by atoms with van der Waals surface area (Å²) < 4.78 is 0. The van der Waals surface area contributed by atoms with Crippen molar-refractivity contribution in [3.05, 3.63) is 35.4 Å². The van der Waals surface area contributed by atoms with Crippen LogP contribution < -0.4 is 0 Å². The largest absolute Gasteiger partial charge is 0.341 e. The van der Waals surface area contributed by atoms with Crippen LogP contribution in [0.5, 0.6) is 0 Å². The van der Waals surface area contributed by atoms with Crippen LogP contribution in [0.4, 0.5) is 0 Å². The van der Waals surface area contributed by atoms with Crippen molar-refractivity contribution in [3.8, 4) is 0 Å². The minimum absolute atomic E-state index is 0.186. The molecule has 0 N–H and O–H groups in total. The van der Waals surface area contributed by atoms with Crippen molar-refractivity contribution in [1.82, 2.24) is 4.90 Å². The van der Waals surface area contributed by atoms with Crippen molar-refractivity contribution < 1.29 is 4.79 Å². The van der Waals surface area contributed by atoms with Crippen LogP contribution in [0.1, 0.15) is 24.5 Å². The van der Waals surface area contributed by atoms with Gasteiger partial charge in [-0.25, -0.2) is 0 Å². The highest BCUT2D eigenvalue weighted by Crippen LogP contribution is 2.06. The molecule has 0 atom stereocenters. The van der Waals surface area contributed by atoms with Crippen molar-refractivity contribution in [3.63, 3.8) is 0 Å². The van der Waals surface area contributed by atoms with Gasteiger partial charge >= 0.3 is 0 Å². The molecule has 0 bridgehead atoms. The van der Waals surface area contributed by atoms with Gasteiger partial charge in [0.15, 0.2) is 0 Å². The van der Waals surface area contributed by atoms with Crippen LogP contribution in [-0.4, -0.2) is 17.9 Å². The molecule has 1 amide bonds. The fourth-order valence-corrected chi connectivity index (χ4v) is 1.33. The summed E-state index contributed by atoms with van der Waals surface area (Å²) in [6, 6.07) is 8.27. The molecule has 1 aromatic carbocycles. The van der Waals surface area contributed by atoms with Gasteiger partial charge in [-0.2, -0.15) is 0 Å². The number of rotatable bonds is 3. The highest BCUT2D eigenvalue weighted by molar-refractivity contribution is 5.75. The number of hydrogen-bond acceptors (Lipinski definition) is 1. The Morgan fingerprint density at radius 1 is 1.29 bits per heavy atom. The summed E-state index contributed by atoms with van der Waals surface area (Å²) in [4.78, 5) is 13.1. The molecule has 0 fully saturated rings. The monoisotopic (exact) mass is 191 g/mol. The second-order valence-electron chi connectivity index (χ2n) is 3.59. The van der Waals surface area contributed by atoms with Crippen LogP contribution in [0.25, 0.3) is 0 Å². The Morgan fingerprint density at radius 2 is 1.86 bits per heavy atom. The minimum Gasteiger partial charge on any atom is -0.341 e. The van der Waals surface area contributed by atoms with Gasteiger partial charge < -0.3 is 4.90 Å². The highest BCUT2D eigenvalue weighted by atomic mass is 16.2. The second kappa shape index (κ2) is 4.80. The Bertz CT molecular complexity index is 303. The molecule has 0 saturated heterocycles. The third-order valence-corrected chi connectivity index (χ3v) is 2.27. The van der Waals surface area contributed by atoms with Crippen LogP contribution in [0.3, 0.4) is 0 Å². The summed E-state index contributed by atoms with van der Waals surface area (Å²) in [6.45, 7) is 4.64. The predicted octanol–water partition coefficient (Wildman–Crippen LogP) is 2.36. The number of nitrogens with zero attached hydrogens (tertiary/aromatic N) is 1. The standard InChI is InChI=1S/C12H17NO/c1-4-12(14)13(3)9-11-7-5-10(2)6-8-11/h5-8H,4,9H2,1-3H3. The lowest BCUT2D eigenvalue weighted by Gasteiger charge is -2.16. The zero-order chi connectivity index (χ0) is 10.6. The van der Waals surface area contributed by atoms with Gasteiger partial charge in [-0.1, -0.05) is 36.8 Å². The molecule has 0 saturated carbocycles. The number of amides is 1. The molecule has 0 aliphatic carbocycles. The average molecular weight is 191 g/mol. The molecule has 76 valence electrons. The highest BCUT2D eigenvalue weighted by Gasteiger charge is 2.05. The number of benzene rings is 1. The van der Waals surface area contributed by atoms with E-state index >= 15 is 0 Å². The van der Waals surface area contributed by atoms with Crippen LogP contribution in [0.2, 0.25) is 0 Å². The van der Waals surface area contributed by atoms with E-state index in [1.54, 1.807) is 4.90 Å². The lowest BCUT2D eigenvalue weighted by molar-refractivity contribution is -0.130. The van der Waals surface area contributed by atoms with Crippen molar-refractivity contribution in [1.29, 1.82) is 0 Å². The van der Waals surface area contributed by atoms with Crippen molar-refractivity contribution in [2.24, 2.45) is 0 Å². The Kier molecular flexibility index (Phi) is 3.69. The van der Waals surface area contributed by atoms with Crippen LogP contribution in [0.15, 0.2) is 24.3 Å². The Hall–Kier alpha value is -1.31. The van der Waals surface area contributed by atoms with Crippen LogP contribution in [-0.2, 0) is 11.3 Å². The molecule has 0 heterocycles. The molecule has 0 radical (unpaired) electrons. The van der Waals surface area contributed by atoms with Crippen molar-refractivity contribution in [2.75, 3.05) is 7.05 Å². The van der Waals surface area contributed by atoms with Gasteiger partial charge in [-0.3, -0.25) is 4.79 Å². The van der Waals surface area contributed by atoms with Gasteiger partial charge in [-0.05, 0) is 12.5 Å². The molecule has 0 unspecified atom stereocenters. The smallest absolute Gasteiger partial charge is 0.222 e. The molecule has 0 aliphatic heterocycles. The molecule has 0 aliphatic rings. The summed E-state index contributed by atoms with van der Waals surface area (Å²) in [5.41, 5.74) is 2.43. The minimum atomic E-state index is 0.186. The topological polar surface area (TPSA) is 20.3 Å². The first kappa shape index (κ1) is 10.8. The molecule has 1 aromatic rings. The molecule has 2 heteroatoms. The van der Waals surface area contributed by atoms with Gasteiger partial charge in [0.25, 0.3) is 0 Å². The van der Waals surface area contributed by atoms with Crippen molar-refractivity contribution in [2.45, 2.75) is 26.8 Å². The average Bonchev–Trinajstić information content (AvgIpc) is 2.20. The number of hydrogen-bond donors (Lipinski definition) is 0. The van der Waals surface area contributed by atoms with E-state index in [2.05, 4.69) is 31.2 Å². The third kappa shape index (κ3) is 2.87. The lowest BCUT2D eigenvalue weighted by atomic mass is 10.1. The van der Waals surface area contributed by atoms with E-state index in [1.807, 2.05) is 14.0 Å². The number of aryl methyl sites for hydroxylation is 1. The van der Waals surface area contributed by atoms with E-state index in [0.717, 1.165) is 0 Å². The van der Waals surface area contributed by atoms with E-state index in [-0.39, 0.29) is 5.91 Å². The number of carbonyl (C=O) groups is 1. The molecular formula is C12H17NO. The first-order valence-electron chi connectivity index (χ1n) is 4.93. The van der Waals surface area contributed by atoms with Gasteiger partial charge in [-0.15, -0.1) is 0 Å². The normalized spacial score (nSPS) is 9.93. The van der Waals surface area contributed by atoms with E-state index in [1.165, 1.54) is 11.1 Å². The summed E-state index contributed by atoms with van der Waals surface area (Å²) in [5.74, 6) is 0.186. The fourth-order valence-electron chi connectivity index (χ4n) is 1.33. The summed E-state index contributed by atoms with van der Waals surface area (Å²) in [7, 11) is 1.84. The molecule has 1 rings (SSSR count). The molecule has 14 heavy (non-hydrogen) atoms. The first-order valence-corrected chi connectivity index (χ1v) is 4.93. The van der Waals surface area contributed by atoms with Crippen molar-refractivity contribution >= 4 is 5.91 Å². The summed E-state index contributed by atoms with van der Waals surface area (Å²) in [5, 5.41) is 0.